The van der Waals surface area contributed by atoms with Gasteiger partial charge in [0, 0.05) is 12.1 Å². The molecule has 0 aliphatic rings. The van der Waals surface area contributed by atoms with E-state index in [0.717, 1.165) is 13.1 Å². The molecule has 2 atom stereocenters. The van der Waals surface area contributed by atoms with Crippen molar-refractivity contribution in [1.82, 2.24) is 10.2 Å². The predicted molar refractivity (Wildman–Crippen MR) is 89.8 cm³/mol. The van der Waals surface area contributed by atoms with Gasteiger partial charge in [-0.05, 0) is 60.0 Å². The van der Waals surface area contributed by atoms with Crippen LogP contribution in [0.4, 0.5) is 0 Å². The Morgan fingerprint density at radius 1 is 1.14 bits per heavy atom. The third-order valence-electron chi connectivity index (χ3n) is 4.00. The minimum atomic E-state index is -0.857. The average molecular weight is 300 g/mol. The molecule has 0 aliphatic carbocycles. The number of nitrogens with one attached hydrogen (secondary N) is 1. The molecule has 0 bridgehead atoms. The Labute approximate surface area is 131 Å². The molecule has 4 nitrogen and oxygen atoms in total. The Bertz CT molecular complexity index is 287. The molecule has 0 aromatic carbocycles. The molecule has 0 rings (SSSR count). The molecule has 0 saturated carbocycles. The van der Waals surface area contributed by atoms with Crippen LogP contribution in [0.5, 0.6) is 0 Å². The van der Waals surface area contributed by atoms with Gasteiger partial charge in [0.25, 0.3) is 0 Å². The smallest absolute Gasteiger partial charge is 0.323 e. The average Bonchev–Trinajstić information content (AvgIpc) is 2.37. The van der Waals surface area contributed by atoms with Crippen LogP contribution < -0.4 is 5.32 Å². The fourth-order valence-corrected chi connectivity index (χ4v) is 2.84. The highest BCUT2D eigenvalue weighted by molar-refractivity contribution is 5.78. The zero-order valence-electron chi connectivity index (χ0n) is 14.9. The van der Waals surface area contributed by atoms with Crippen LogP contribution in [0.2, 0.25) is 0 Å². The molecule has 2 unspecified atom stereocenters. The quantitative estimate of drug-likeness (QED) is 0.579. The van der Waals surface area contributed by atoms with Crippen molar-refractivity contribution in [2.24, 2.45) is 0 Å². The first kappa shape index (κ1) is 20.4. The maximum absolute atomic E-state index is 11.7. The second kappa shape index (κ2) is 10.2. The first-order valence-corrected chi connectivity index (χ1v) is 8.52. The van der Waals surface area contributed by atoms with Crippen LogP contribution in [0.25, 0.3) is 0 Å². The number of carboxylic acid groups (broad SMARTS) is 1. The van der Waals surface area contributed by atoms with Crippen LogP contribution in [-0.4, -0.2) is 46.7 Å². The number of hydrogen-bond acceptors (Lipinski definition) is 3. The zero-order valence-corrected chi connectivity index (χ0v) is 14.9. The monoisotopic (exact) mass is 300 g/mol. The van der Waals surface area contributed by atoms with Crippen LogP contribution in [0, 0.1) is 0 Å². The molecule has 126 valence electrons. The lowest BCUT2D eigenvalue weighted by Gasteiger charge is -2.36. The van der Waals surface area contributed by atoms with Crippen molar-refractivity contribution in [3.63, 3.8) is 0 Å². The number of nitrogens with zero attached hydrogens (tertiary/aromatic N) is 1. The molecule has 0 heterocycles. The number of aliphatic carboxylic acids is 1. The summed E-state index contributed by atoms with van der Waals surface area (Å²) in [7, 11) is 0. The van der Waals surface area contributed by atoms with Gasteiger partial charge in [-0.3, -0.25) is 10.1 Å². The van der Waals surface area contributed by atoms with Gasteiger partial charge >= 0.3 is 5.97 Å². The molecule has 0 radical (unpaired) electrons. The SMILES string of the molecule is CCCCN(CCCC)C(C)CC(C)(NC(C)C)C(=O)O. The topological polar surface area (TPSA) is 52.6 Å². The van der Waals surface area contributed by atoms with Gasteiger partial charge in [-0.15, -0.1) is 0 Å². The molecule has 2 N–H and O–H groups in total. The summed E-state index contributed by atoms with van der Waals surface area (Å²) >= 11 is 0. The summed E-state index contributed by atoms with van der Waals surface area (Å²) in [6.45, 7) is 14.5. The van der Waals surface area contributed by atoms with E-state index < -0.39 is 11.5 Å². The summed E-state index contributed by atoms with van der Waals surface area (Å²) in [6.07, 6.45) is 5.34. The standard InChI is InChI=1S/C17H36N2O2/c1-7-9-11-19(12-10-8-2)15(5)13-17(6,16(20)21)18-14(3)4/h14-15,18H,7-13H2,1-6H3,(H,20,21). The van der Waals surface area contributed by atoms with Crippen molar-refractivity contribution in [1.29, 1.82) is 0 Å². The summed E-state index contributed by atoms with van der Waals surface area (Å²) in [6, 6.07) is 0.438. The normalized spacial score (nSPS) is 16.2. The van der Waals surface area contributed by atoms with E-state index >= 15 is 0 Å². The lowest BCUT2D eigenvalue weighted by atomic mass is 9.91. The predicted octanol–water partition coefficient (Wildman–Crippen LogP) is 3.51. The van der Waals surface area contributed by atoms with E-state index in [0.29, 0.717) is 6.42 Å². The fraction of sp³-hybridized carbons (Fsp3) is 0.941. The van der Waals surface area contributed by atoms with Gasteiger partial charge in [0.2, 0.25) is 0 Å². The van der Waals surface area contributed by atoms with Crippen LogP contribution >= 0.6 is 0 Å². The second-order valence-electron chi connectivity index (χ2n) is 6.73. The van der Waals surface area contributed by atoms with Crippen molar-refractivity contribution in [3.8, 4) is 0 Å². The maximum Gasteiger partial charge on any atom is 0.323 e. The molecule has 21 heavy (non-hydrogen) atoms. The van der Waals surface area contributed by atoms with E-state index in [-0.39, 0.29) is 12.1 Å². The van der Waals surface area contributed by atoms with E-state index in [1.54, 1.807) is 0 Å². The van der Waals surface area contributed by atoms with E-state index in [9.17, 15) is 9.90 Å². The summed E-state index contributed by atoms with van der Waals surface area (Å²) in [4.78, 5) is 14.1. The van der Waals surface area contributed by atoms with Gasteiger partial charge in [0.1, 0.15) is 5.54 Å². The second-order valence-corrected chi connectivity index (χ2v) is 6.73. The summed E-state index contributed by atoms with van der Waals surface area (Å²) in [5, 5.41) is 12.8. The molecule has 0 fully saturated rings. The molecular formula is C17H36N2O2. The lowest BCUT2D eigenvalue weighted by molar-refractivity contribution is -0.145. The first-order valence-electron chi connectivity index (χ1n) is 8.52. The number of hydrogen-bond donors (Lipinski definition) is 2. The van der Waals surface area contributed by atoms with Crippen molar-refractivity contribution in [3.05, 3.63) is 0 Å². The van der Waals surface area contributed by atoms with Gasteiger partial charge in [0.15, 0.2) is 0 Å². The Morgan fingerprint density at radius 3 is 1.95 bits per heavy atom. The maximum atomic E-state index is 11.7. The molecule has 0 spiro atoms. The van der Waals surface area contributed by atoms with Crippen molar-refractivity contribution >= 4 is 5.97 Å². The Morgan fingerprint density at radius 2 is 1.62 bits per heavy atom. The number of unbranched alkanes of at least 4 members (excludes halogenated alkanes) is 2. The number of carboxylic acids is 1. The molecule has 0 aliphatic heterocycles. The highest BCUT2D eigenvalue weighted by Crippen LogP contribution is 2.19. The molecule has 4 heteroatoms. The first-order chi connectivity index (χ1) is 9.76. The zero-order chi connectivity index (χ0) is 16.5. The Kier molecular flexibility index (Phi) is 9.88. The Hall–Kier alpha value is -0.610. The van der Waals surface area contributed by atoms with E-state index in [1.165, 1.54) is 25.7 Å². The van der Waals surface area contributed by atoms with E-state index in [2.05, 4.69) is 31.0 Å². The van der Waals surface area contributed by atoms with Crippen LogP contribution in [0.1, 0.15) is 73.6 Å². The summed E-state index contributed by atoms with van der Waals surface area (Å²) < 4.78 is 0. The minimum Gasteiger partial charge on any atom is -0.480 e. The van der Waals surface area contributed by atoms with Gasteiger partial charge in [-0.25, -0.2) is 0 Å². The van der Waals surface area contributed by atoms with Gasteiger partial charge in [-0.1, -0.05) is 26.7 Å². The lowest BCUT2D eigenvalue weighted by Crippen LogP contribution is -2.55. The molecule has 0 aromatic rings. The molecule has 0 aromatic heterocycles. The van der Waals surface area contributed by atoms with Crippen LogP contribution in [-0.2, 0) is 4.79 Å². The summed E-state index contributed by atoms with van der Waals surface area (Å²) in [5.74, 6) is -0.756. The van der Waals surface area contributed by atoms with Crippen molar-refractivity contribution in [2.75, 3.05) is 13.1 Å². The van der Waals surface area contributed by atoms with Gasteiger partial charge in [0.05, 0.1) is 0 Å². The number of carbonyl (C=O) groups is 1. The van der Waals surface area contributed by atoms with E-state index in [4.69, 9.17) is 0 Å². The largest absolute Gasteiger partial charge is 0.480 e. The summed E-state index contributed by atoms with van der Waals surface area (Å²) in [5.41, 5.74) is -0.857. The minimum absolute atomic E-state index is 0.165. The molecule has 0 saturated heterocycles. The fourth-order valence-electron chi connectivity index (χ4n) is 2.84. The van der Waals surface area contributed by atoms with Crippen molar-refractivity contribution < 1.29 is 9.90 Å². The van der Waals surface area contributed by atoms with Gasteiger partial charge in [-0.2, -0.15) is 0 Å². The third kappa shape index (κ3) is 7.82. The molecular weight excluding hydrogens is 264 g/mol. The highest BCUT2D eigenvalue weighted by Gasteiger charge is 2.36. The number of rotatable bonds is 12. The van der Waals surface area contributed by atoms with Gasteiger partial charge < -0.3 is 10.0 Å². The van der Waals surface area contributed by atoms with E-state index in [1.807, 2.05) is 20.8 Å². The molecule has 0 amide bonds. The van der Waals surface area contributed by atoms with Crippen LogP contribution in [0.3, 0.4) is 0 Å². The highest BCUT2D eigenvalue weighted by atomic mass is 16.4. The third-order valence-corrected chi connectivity index (χ3v) is 4.00. The Balaban J connectivity index is 4.79. The van der Waals surface area contributed by atoms with Crippen LogP contribution in [0.15, 0.2) is 0 Å². The van der Waals surface area contributed by atoms with Crippen molar-refractivity contribution in [2.45, 2.75) is 91.3 Å².